The fourth-order valence-electron chi connectivity index (χ4n) is 1.66. The molecule has 2 N–H and O–H groups in total. The van der Waals surface area contributed by atoms with Gasteiger partial charge in [-0.25, -0.2) is 4.79 Å². The number of cyclic esters (lactones) is 1. The van der Waals surface area contributed by atoms with Gasteiger partial charge in [-0.05, 0) is 11.6 Å². The van der Waals surface area contributed by atoms with Crippen LogP contribution >= 0.6 is 11.6 Å². The molecular weight excluding hydrogens is 228 g/mol. The van der Waals surface area contributed by atoms with E-state index < -0.39 is 0 Å². The van der Waals surface area contributed by atoms with Gasteiger partial charge in [0.05, 0.1) is 13.1 Å². The number of nitrogens with two attached hydrogens (primary N) is 1. The number of amides is 1. The Balaban J connectivity index is 2.06. The maximum atomic E-state index is 11.5. The minimum Gasteiger partial charge on any atom is -0.443 e. The standard InChI is InChI=1S/C11H13ClN2O2/c12-10-4-2-1-3-8(10)6-14-7-9(5-13)16-11(14)15/h1-4,9H,5-7,13H2. The van der Waals surface area contributed by atoms with Gasteiger partial charge in [0.2, 0.25) is 0 Å². The zero-order valence-corrected chi connectivity index (χ0v) is 9.48. The van der Waals surface area contributed by atoms with Crippen molar-refractivity contribution in [1.29, 1.82) is 0 Å². The second-order valence-electron chi connectivity index (χ2n) is 3.71. The number of carbonyl (C=O) groups excluding carboxylic acids is 1. The predicted octanol–water partition coefficient (Wildman–Crippen LogP) is 1.62. The Labute approximate surface area is 98.9 Å². The Kier molecular flexibility index (Phi) is 3.31. The molecule has 1 heterocycles. The van der Waals surface area contributed by atoms with Gasteiger partial charge in [0.15, 0.2) is 0 Å². The molecule has 0 aliphatic carbocycles. The summed E-state index contributed by atoms with van der Waals surface area (Å²) in [5, 5.41) is 0.659. The van der Waals surface area contributed by atoms with Crippen molar-refractivity contribution in [3.63, 3.8) is 0 Å². The second kappa shape index (κ2) is 4.72. The summed E-state index contributed by atoms with van der Waals surface area (Å²) in [6.07, 6.45) is -0.523. The lowest BCUT2D eigenvalue weighted by Crippen LogP contribution is -2.27. The molecule has 0 bridgehead atoms. The number of hydrogen-bond acceptors (Lipinski definition) is 3. The Morgan fingerprint density at radius 3 is 2.88 bits per heavy atom. The Bertz CT molecular complexity index is 397. The van der Waals surface area contributed by atoms with Crippen LogP contribution in [0.2, 0.25) is 5.02 Å². The highest BCUT2D eigenvalue weighted by atomic mass is 35.5. The fourth-order valence-corrected chi connectivity index (χ4v) is 1.85. The predicted molar refractivity (Wildman–Crippen MR) is 61.2 cm³/mol. The van der Waals surface area contributed by atoms with Crippen molar-refractivity contribution in [1.82, 2.24) is 4.90 Å². The first-order valence-electron chi connectivity index (χ1n) is 5.09. The summed E-state index contributed by atoms with van der Waals surface area (Å²) >= 11 is 6.02. The molecule has 0 spiro atoms. The van der Waals surface area contributed by atoms with Gasteiger partial charge in [0, 0.05) is 11.6 Å². The van der Waals surface area contributed by atoms with Gasteiger partial charge in [-0.3, -0.25) is 0 Å². The maximum Gasteiger partial charge on any atom is 0.410 e. The molecule has 1 fully saturated rings. The Morgan fingerprint density at radius 2 is 2.25 bits per heavy atom. The van der Waals surface area contributed by atoms with E-state index in [0.29, 0.717) is 24.7 Å². The molecule has 1 aromatic carbocycles. The zero-order chi connectivity index (χ0) is 11.5. The highest BCUT2D eigenvalue weighted by molar-refractivity contribution is 6.31. The minimum absolute atomic E-state index is 0.199. The first-order chi connectivity index (χ1) is 7.70. The number of rotatable bonds is 3. The SMILES string of the molecule is NCC1CN(Cc2ccccc2Cl)C(=O)O1. The van der Waals surface area contributed by atoms with E-state index in [1.807, 2.05) is 18.2 Å². The molecule has 1 aliphatic heterocycles. The van der Waals surface area contributed by atoms with Crippen LogP contribution in [0, 0.1) is 0 Å². The zero-order valence-electron chi connectivity index (χ0n) is 8.73. The van der Waals surface area contributed by atoms with Gasteiger partial charge in [0.1, 0.15) is 6.10 Å². The van der Waals surface area contributed by atoms with E-state index in [0.717, 1.165) is 5.56 Å². The molecule has 1 amide bonds. The molecular formula is C11H13ClN2O2. The van der Waals surface area contributed by atoms with E-state index in [-0.39, 0.29) is 12.2 Å². The van der Waals surface area contributed by atoms with E-state index in [2.05, 4.69) is 0 Å². The molecule has 0 saturated carbocycles. The molecule has 2 rings (SSSR count). The van der Waals surface area contributed by atoms with Gasteiger partial charge in [-0.15, -0.1) is 0 Å². The average Bonchev–Trinajstić information content (AvgIpc) is 2.63. The van der Waals surface area contributed by atoms with Crippen molar-refractivity contribution in [3.8, 4) is 0 Å². The summed E-state index contributed by atoms with van der Waals surface area (Å²) in [5.74, 6) is 0. The molecule has 0 radical (unpaired) electrons. The van der Waals surface area contributed by atoms with Crippen LogP contribution in [-0.4, -0.2) is 30.2 Å². The summed E-state index contributed by atoms with van der Waals surface area (Å²) < 4.78 is 5.05. The lowest BCUT2D eigenvalue weighted by atomic mass is 10.2. The Hall–Kier alpha value is -1.26. The molecule has 4 nitrogen and oxygen atoms in total. The van der Waals surface area contributed by atoms with Crippen LogP contribution in [0.15, 0.2) is 24.3 Å². The van der Waals surface area contributed by atoms with Gasteiger partial charge < -0.3 is 15.4 Å². The van der Waals surface area contributed by atoms with Gasteiger partial charge in [0.25, 0.3) is 0 Å². The first kappa shape index (κ1) is 11.2. The number of nitrogens with zero attached hydrogens (tertiary/aromatic N) is 1. The molecule has 16 heavy (non-hydrogen) atoms. The molecule has 1 atom stereocenters. The third kappa shape index (κ3) is 2.28. The number of hydrogen-bond donors (Lipinski definition) is 1. The highest BCUT2D eigenvalue weighted by Crippen LogP contribution is 2.20. The normalized spacial score (nSPS) is 20.0. The molecule has 86 valence electrons. The molecule has 5 heteroatoms. The first-order valence-corrected chi connectivity index (χ1v) is 5.47. The third-order valence-electron chi connectivity index (χ3n) is 2.53. The monoisotopic (exact) mass is 240 g/mol. The summed E-state index contributed by atoms with van der Waals surface area (Å²) in [6, 6.07) is 7.45. The molecule has 1 saturated heterocycles. The van der Waals surface area contributed by atoms with E-state index in [4.69, 9.17) is 22.1 Å². The van der Waals surface area contributed by atoms with E-state index >= 15 is 0 Å². The van der Waals surface area contributed by atoms with Crippen LogP contribution in [0.1, 0.15) is 5.56 Å². The molecule has 1 aromatic rings. The van der Waals surface area contributed by atoms with E-state index in [9.17, 15) is 4.79 Å². The number of halogens is 1. The van der Waals surface area contributed by atoms with E-state index in [1.165, 1.54) is 0 Å². The van der Waals surface area contributed by atoms with Gasteiger partial charge in [-0.2, -0.15) is 0 Å². The number of ether oxygens (including phenoxy) is 1. The van der Waals surface area contributed by atoms with Gasteiger partial charge >= 0.3 is 6.09 Å². The number of benzene rings is 1. The van der Waals surface area contributed by atoms with Crippen LogP contribution < -0.4 is 5.73 Å². The molecule has 0 aromatic heterocycles. The largest absolute Gasteiger partial charge is 0.443 e. The second-order valence-corrected chi connectivity index (χ2v) is 4.12. The maximum absolute atomic E-state index is 11.5. The van der Waals surface area contributed by atoms with E-state index in [1.54, 1.807) is 11.0 Å². The summed E-state index contributed by atoms with van der Waals surface area (Å²) in [6.45, 7) is 1.35. The highest BCUT2D eigenvalue weighted by Gasteiger charge is 2.30. The lowest BCUT2D eigenvalue weighted by molar-refractivity contribution is 0.134. The lowest BCUT2D eigenvalue weighted by Gasteiger charge is -2.13. The molecule has 1 aliphatic rings. The quantitative estimate of drug-likeness (QED) is 0.874. The number of carbonyl (C=O) groups is 1. The van der Waals surface area contributed by atoms with Crippen molar-refractivity contribution in [3.05, 3.63) is 34.9 Å². The Morgan fingerprint density at radius 1 is 1.50 bits per heavy atom. The third-order valence-corrected chi connectivity index (χ3v) is 2.90. The van der Waals surface area contributed by atoms with Crippen LogP contribution in [0.5, 0.6) is 0 Å². The topological polar surface area (TPSA) is 55.6 Å². The van der Waals surface area contributed by atoms with Crippen LogP contribution in [0.4, 0.5) is 4.79 Å². The van der Waals surface area contributed by atoms with Crippen LogP contribution in [-0.2, 0) is 11.3 Å². The van der Waals surface area contributed by atoms with Crippen molar-refractivity contribution in [2.45, 2.75) is 12.6 Å². The van der Waals surface area contributed by atoms with Crippen LogP contribution in [0.25, 0.3) is 0 Å². The molecule has 1 unspecified atom stereocenters. The van der Waals surface area contributed by atoms with Crippen molar-refractivity contribution in [2.24, 2.45) is 5.73 Å². The van der Waals surface area contributed by atoms with Crippen LogP contribution in [0.3, 0.4) is 0 Å². The average molecular weight is 241 g/mol. The van der Waals surface area contributed by atoms with Crippen molar-refractivity contribution < 1.29 is 9.53 Å². The summed E-state index contributed by atoms with van der Waals surface area (Å²) in [7, 11) is 0. The summed E-state index contributed by atoms with van der Waals surface area (Å²) in [4.78, 5) is 13.1. The smallest absolute Gasteiger partial charge is 0.410 e. The van der Waals surface area contributed by atoms with Crippen molar-refractivity contribution in [2.75, 3.05) is 13.1 Å². The fraction of sp³-hybridized carbons (Fsp3) is 0.364. The van der Waals surface area contributed by atoms with Crippen molar-refractivity contribution >= 4 is 17.7 Å². The summed E-state index contributed by atoms with van der Waals surface area (Å²) in [5.41, 5.74) is 6.37. The minimum atomic E-state index is -0.324. The van der Waals surface area contributed by atoms with Gasteiger partial charge in [-0.1, -0.05) is 29.8 Å².